The van der Waals surface area contributed by atoms with Crippen LogP contribution in [0.25, 0.3) is 10.8 Å². The van der Waals surface area contributed by atoms with E-state index in [1.54, 1.807) is 26.9 Å². The fourth-order valence-electron chi connectivity index (χ4n) is 8.36. The molecule has 3 aromatic rings. The standard InChI is InChI=1S/C39H45N3O5/c1-4-23-40(30-17-9-7-10-18-30)35(44)32-33-36(45)42(25-13-8-14-26-43)34(39(33)22-21-38(32,6-3)47-39)37(46)41(24-5-2)31-20-19-28-15-11-12-16-29(28)27-31/h4-5,7,9-12,15-20,27,32-34,43H,1-2,6,8,13-14,21-26H2,3H3/t32-,33+,34?,38+,39?/m1/s1. The minimum absolute atomic E-state index is 0.0648. The Hall–Kier alpha value is -4.27. The molecular weight excluding hydrogens is 590 g/mol. The second-order valence-corrected chi connectivity index (χ2v) is 13.0. The summed E-state index contributed by atoms with van der Waals surface area (Å²) in [5, 5.41) is 11.5. The summed E-state index contributed by atoms with van der Waals surface area (Å²) in [5.74, 6) is -2.16. The number of para-hydroxylation sites is 1. The number of aliphatic hydroxyl groups excluding tert-OH is 1. The Balaban J connectivity index is 1.43. The first kappa shape index (κ1) is 32.7. The fourth-order valence-corrected chi connectivity index (χ4v) is 8.36. The zero-order valence-corrected chi connectivity index (χ0v) is 27.2. The normalized spacial score (nSPS) is 26.0. The third-order valence-electron chi connectivity index (χ3n) is 10.5. The summed E-state index contributed by atoms with van der Waals surface area (Å²) in [4.78, 5) is 49.6. The molecule has 3 aliphatic rings. The van der Waals surface area contributed by atoms with E-state index in [1.165, 1.54) is 0 Å². The van der Waals surface area contributed by atoms with E-state index in [-0.39, 0.29) is 37.4 Å². The molecule has 0 aliphatic carbocycles. The van der Waals surface area contributed by atoms with E-state index in [0.29, 0.717) is 50.8 Å². The highest BCUT2D eigenvalue weighted by atomic mass is 16.5. The van der Waals surface area contributed by atoms with Crippen LogP contribution in [0.1, 0.15) is 45.4 Å². The van der Waals surface area contributed by atoms with E-state index >= 15 is 4.79 Å². The number of unbranched alkanes of at least 4 members (excludes halogenated alkanes) is 2. The Morgan fingerprint density at radius 1 is 0.894 bits per heavy atom. The Bertz CT molecular complexity index is 1660. The van der Waals surface area contributed by atoms with Crippen LogP contribution >= 0.6 is 0 Å². The molecule has 0 aromatic heterocycles. The summed E-state index contributed by atoms with van der Waals surface area (Å²) in [7, 11) is 0. The van der Waals surface area contributed by atoms with Gasteiger partial charge in [-0.05, 0) is 73.6 Å². The molecule has 6 rings (SSSR count). The van der Waals surface area contributed by atoms with Gasteiger partial charge < -0.3 is 24.5 Å². The first-order valence-corrected chi connectivity index (χ1v) is 16.9. The lowest BCUT2D eigenvalue weighted by Gasteiger charge is -2.37. The number of hydrogen-bond acceptors (Lipinski definition) is 5. The maximum atomic E-state index is 15.0. The Kier molecular flexibility index (Phi) is 9.35. The van der Waals surface area contributed by atoms with Crippen molar-refractivity contribution >= 4 is 39.9 Å². The number of nitrogens with zero attached hydrogens (tertiary/aromatic N) is 3. The number of carbonyl (C=O) groups is 3. The molecule has 246 valence electrons. The van der Waals surface area contributed by atoms with Gasteiger partial charge in [-0.15, -0.1) is 13.2 Å². The molecule has 3 heterocycles. The number of ether oxygens (including phenoxy) is 1. The van der Waals surface area contributed by atoms with E-state index in [0.717, 1.165) is 16.5 Å². The lowest BCUT2D eigenvalue weighted by molar-refractivity contribution is -0.146. The van der Waals surface area contributed by atoms with Crippen LogP contribution in [-0.4, -0.2) is 71.2 Å². The van der Waals surface area contributed by atoms with Crippen molar-refractivity contribution in [3.8, 4) is 0 Å². The molecule has 3 aliphatic heterocycles. The molecule has 47 heavy (non-hydrogen) atoms. The summed E-state index contributed by atoms with van der Waals surface area (Å²) in [6.07, 6.45) is 6.98. The maximum Gasteiger partial charge on any atom is 0.253 e. The van der Waals surface area contributed by atoms with Gasteiger partial charge in [0.1, 0.15) is 11.6 Å². The third kappa shape index (κ3) is 5.47. The Morgan fingerprint density at radius 3 is 2.26 bits per heavy atom. The average molecular weight is 636 g/mol. The van der Waals surface area contributed by atoms with Crippen LogP contribution in [0.5, 0.6) is 0 Å². The van der Waals surface area contributed by atoms with E-state index < -0.39 is 29.1 Å². The van der Waals surface area contributed by atoms with Crippen molar-refractivity contribution in [2.75, 3.05) is 36.0 Å². The predicted octanol–water partition coefficient (Wildman–Crippen LogP) is 5.90. The molecule has 8 heteroatoms. The monoisotopic (exact) mass is 635 g/mol. The second kappa shape index (κ2) is 13.5. The van der Waals surface area contributed by atoms with Crippen molar-refractivity contribution in [2.45, 2.75) is 62.7 Å². The van der Waals surface area contributed by atoms with E-state index in [4.69, 9.17) is 4.74 Å². The molecule has 0 saturated carbocycles. The van der Waals surface area contributed by atoms with Crippen molar-refractivity contribution < 1.29 is 24.2 Å². The van der Waals surface area contributed by atoms with Crippen molar-refractivity contribution in [3.05, 3.63) is 98.1 Å². The number of hydrogen-bond donors (Lipinski definition) is 1. The number of fused-ring (bicyclic) bond motifs is 2. The number of carbonyl (C=O) groups excluding carboxylic acids is 3. The van der Waals surface area contributed by atoms with E-state index in [2.05, 4.69) is 13.2 Å². The molecule has 3 saturated heterocycles. The average Bonchev–Trinajstić information content (AvgIpc) is 3.71. The molecule has 3 amide bonds. The minimum atomic E-state index is -1.14. The van der Waals surface area contributed by atoms with Gasteiger partial charge >= 0.3 is 0 Å². The van der Waals surface area contributed by atoms with Gasteiger partial charge in [0.25, 0.3) is 5.91 Å². The molecule has 2 bridgehead atoms. The smallest absolute Gasteiger partial charge is 0.253 e. The highest BCUT2D eigenvalue weighted by Crippen LogP contribution is 2.65. The zero-order valence-electron chi connectivity index (χ0n) is 27.2. The number of aliphatic hydroxyl groups is 1. The van der Waals surface area contributed by atoms with E-state index in [1.807, 2.05) is 79.7 Å². The van der Waals surface area contributed by atoms with Gasteiger partial charge in [0.15, 0.2) is 0 Å². The Morgan fingerprint density at radius 2 is 1.57 bits per heavy atom. The summed E-state index contributed by atoms with van der Waals surface area (Å²) >= 11 is 0. The zero-order chi connectivity index (χ0) is 33.2. The highest BCUT2D eigenvalue weighted by molar-refractivity contribution is 6.07. The van der Waals surface area contributed by atoms with Crippen molar-refractivity contribution in [2.24, 2.45) is 11.8 Å². The number of likely N-dealkylation sites (tertiary alicyclic amines) is 1. The largest absolute Gasteiger partial charge is 0.396 e. The number of rotatable bonds is 14. The van der Waals surface area contributed by atoms with Crippen LogP contribution in [0.2, 0.25) is 0 Å². The lowest BCUT2D eigenvalue weighted by atomic mass is 9.64. The minimum Gasteiger partial charge on any atom is -0.396 e. The van der Waals surface area contributed by atoms with Gasteiger partial charge in [-0.3, -0.25) is 14.4 Å². The summed E-state index contributed by atoms with van der Waals surface area (Å²) < 4.78 is 7.07. The van der Waals surface area contributed by atoms with Crippen LogP contribution in [0.4, 0.5) is 11.4 Å². The fraction of sp³-hybridized carbons (Fsp3) is 0.410. The second-order valence-electron chi connectivity index (χ2n) is 13.0. The van der Waals surface area contributed by atoms with Crippen LogP contribution in [0.15, 0.2) is 98.1 Å². The Labute approximate surface area is 277 Å². The molecule has 8 nitrogen and oxygen atoms in total. The number of anilines is 2. The summed E-state index contributed by atoms with van der Waals surface area (Å²) in [5.41, 5.74) is -0.561. The molecule has 1 spiro atoms. The molecule has 0 radical (unpaired) electrons. The molecular formula is C39H45N3O5. The first-order valence-electron chi connectivity index (χ1n) is 16.9. The number of benzene rings is 3. The van der Waals surface area contributed by atoms with Gasteiger partial charge in [-0.25, -0.2) is 0 Å². The SMILES string of the molecule is C=CCN(C(=O)C1N(CCCCCO)C(=O)[C@@H]2[C@H](C(=O)N(CC=C)c3ccccc3)[C@]3(CC)CCC12O3)c1ccc2ccccc2c1. The molecule has 1 N–H and O–H groups in total. The van der Waals surface area contributed by atoms with Gasteiger partial charge in [0.2, 0.25) is 11.8 Å². The topological polar surface area (TPSA) is 90.4 Å². The van der Waals surface area contributed by atoms with Gasteiger partial charge in [0.05, 0.1) is 17.4 Å². The van der Waals surface area contributed by atoms with E-state index in [9.17, 15) is 14.7 Å². The quantitative estimate of drug-likeness (QED) is 0.176. The molecule has 5 atom stereocenters. The van der Waals surface area contributed by atoms with Gasteiger partial charge in [0, 0.05) is 37.6 Å². The third-order valence-corrected chi connectivity index (χ3v) is 10.5. The van der Waals surface area contributed by atoms with Crippen molar-refractivity contribution in [1.82, 2.24) is 4.90 Å². The molecule has 3 fully saturated rings. The number of amides is 3. The predicted molar refractivity (Wildman–Crippen MR) is 185 cm³/mol. The summed E-state index contributed by atoms with van der Waals surface area (Å²) in [6.45, 7) is 10.8. The maximum absolute atomic E-state index is 15.0. The van der Waals surface area contributed by atoms with Crippen LogP contribution in [-0.2, 0) is 19.1 Å². The van der Waals surface area contributed by atoms with Crippen LogP contribution < -0.4 is 9.80 Å². The van der Waals surface area contributed by atoms with Crippen LogP contribution in [0, 0.1) is 11.8 Å². The van der Waals surface area contributed by atoms with Crippen molar-refractivity contribution in [3.63, 3.8) is 0 Å². The molecule has 3 aromatic carbocycles. The first-order chi connectivity index (χ1) is 22.9. The highest BCUT2D eigenvalue weighted by Gasteiger charge is 2.79. The summed E-state index contributed by atoms with van der Waals surface area (Å²) in [6, 6.07) is 22.5. The van der Waals surface area contributed by atoms with Gasteiger partial charge in [-0.1, -0.05) is 67.6 Å². The van der Waals surface area contributed by atoms with Gasteiger partial charge in [-0.2, -0.15) is 0 Å². The lowest BCUT2D eigenvalue weighted by Crippen LogP contribution is -2.56. The molecule has 2 unspecified atom stereocenters. The van der Waals surface area contributed by atoms with Crippen molar-refractivity contribution in [1.29, 1.82) is 0 Å². The van der Waals surface area contributed by atoms with Crippen LogP contribution in [0.3, 0.4) is 0 Å².